The number of amides is 1. The van der Waals surface area contributed by atoms with E-state index in [-0.39, 0.29) is 5.56 Å². The zero-order valence-corrected chi connectivity index (χ0v) is 13.0. The van der Waals surface area contributed by atoms with Gasteiger partial charge < -0.3 is 5.32 Å². The Bertz CT molecular complexity index is 876. The average molecular weight is 330 g/mol. The first-order chi connectivity index (χ1) is 11.0. The highest BCUT2D eigenvalue weighted by Gasteiger charge is 2.11. The summed E-state index contributed by atoms with van der Waals surface area (Å²) in [4.78, 5) is 12.1. The second-order valence-electron chi connectivity index (χ2n) is 5.04. The number of nitrogens with one attached hydrogen (secondary N) is 1. The number of hydrogen-bond acceptors (Lipinski definition) is 2. The van der Waals surface area contributed by atoms with Gasteiger partial charge in [0.25, 0.3) is 5.91 Å². The van der Waals surface area contributed by atoms with Crippen LogP contribution in [-0.4, -0.2) is 15.7 Å². The molecular formula is C17H13ClFN3O. The Labute approximate surface area is 137 Å². The summed E-state index contributed by atoms with van der Waals surface area (Å²) in [6.07, 6.45) is 3.15. The molecule has 0 aliphatic rings. The smallest absolute Gasteiger partial charge is 0.255 e. The molecule has 0 saturated heterocycles. The van der Waals surface area contributed by atoms with Crippen LogP contribution < -0.4 is 5.32 Å². The van der Waals surface area contributed by atoms with Crippen molar-refractivity contribution in [2.45, 2.75) is 6.92 Å². The summed E-state index contributed by atoms with van der Waals surface area (Å²) in [5.74, 6) is -0.813. The zero-order chi connectivity index (χ0) is 16.4. The van der Waals surface area contributed by atoms with Crippen molar-refractivity contribution in [2.75, 3.05) is 5.32 Å². The molecule has 0 fully saturated rings. The standard InChI is InChI=1S/C17H13ClFN3O/c1-11-6-7-12(8-15(11)19)17(23)21-13-9-20-22(10-13)16-5-3-2-4-14(16)18/h2-10H,1H3,(H,21,23). The Hall–Kier alpha value is -2.66. The molecule has 0 atom stereocenters. The SMILES string of the molecule is Cc1ccc(C(=O)Nc2cnn(-c3ccccc3Cl)c2)cc1F. The molecule has 2 aromatic carbocycles. The third kappa shape index (κ3) is 3.24. The van der Waals surface area contributed by atoms with Gasteiger partial charge in [0.2, 0.25) is 0 Å². The monoisotopic (exact) mass is 329 g/mol. The summed E-state index contributed by atoms with van der Waals surface area (Å²) in [6.45, 7) is 1.64. The van der Waals surface area contributed by atoms with Crippen LogP contribution in [0.3, 0.4) is 0 Å². The predicted molar refractivity (Wildman–Crippen MR) is 87.7 cm³/mol. The maximum Gasteiger partial charge on any atom is 0.255 e. The van der Waals surface area contributed by atoms with Crippen LogP contribution >= 0.6 is 11.6 Å². The third-order valence-electron chi connectivity index (χ3n) is 3.37. The Kier molecular flexibility index (Phi) is 4.12. The van der Waals surface area contributed by atoms with Gasteiger partial charge in [0.1, 0.15) is 5.82 Å². The van der Waals surface area contributed by atoms with E-state index in [0.29, 0.717) is 22.0 Å². The van der Waals surface area contributed by atoms with Crippen molar-refractivity contribution in [1.82, 2.24) is 9.78 Å². The number of carbonyl (C=O) groups is 1. The maximum atomic E-state index is 13.5. The molecule has 1 N–H and O–H groups in total. The number of rotatable bonds is 3. The molecule has 116 valence electrons. The highest BCUT2D eigenvalue weighted by molar-refractivity contribution is 6.32. The van der Waals surface area contributed by atoms with E-state index in [9.17, 15) is 9.18 Å². The molecule has 1 heterocycles. The number of hydrogen-bond donors (Lipinski definition) is 1. The lowest BCUT2D eigenvalue weighted by Crippen LogP contribution is -2.11. The Balaban J connectivity index is 1.80. The molecule has 23 heavy (non-hydrogen) atoms. The molecule has 3 rings (SSSR count). The first kappa shape index (κ1) is 15.2. The van der Waals surface area contributed by atoms with Crippen molar-refractivity contribution in [1.29, 1.82) is 0 Å². The summed E-state index contributed by atoms with van der Waals surface area (Å²) in [5, 5.41) is 7.40. The van der Waals surface area contributed by atoms with Crippen molar-refractivity contribution < 1.29 is 9.18 Å². The van der Waals surface area contributed by atoms with E-state index in [1.807, 2.05) is 18.2 Å². The van der Waals surface area contributed by atoms with Gasteiger partial charge >= 0.3 is 0 Å². The minimum atomic E-state index is -0.413. The van der Waals surface area contributed by atoms with Gasteiger partial charge in [-0.25, -0.2) is 9.07 Å². The van der Waals surface area contributed by atoms with Crippen LogP contribution in [0.5, 0.6) is 0 Å². The van der Waals surface area contributed by atoms with Crippen molar-refractivity contribution in [3.05, 3.63) is 76.8 Å². The highest BCUT2D eigenvalue weighted by Crippen LogP contribution is 2.20. The van der Waals surface area contributed by atoms with Gasteiger partial charge in [0.05, 0.1) is 28.8 Å². The molecule has 1 aromatic heterocycles. The first-order valence-electron chi connectivity index (χ1n) is 6.91. The molecule has 6 heteroatoms. The molecule has 0 spiro atoms. The van der Waals surface area contributed by atoms with E-state index in [1.165, 1.54) is 12.3 Å². The third-order valence-corrected chi connectivity index (χ3v) is 3.69. The zero-order valence-electron chi connectivity index (χ0n) is 12.3. The number of aryl methyl sites for hydroxylation is 1. The molecule has 0 unspecified atom stereocenters. The van der Waals surface area contributed by atoms with E-state index < -0.39 is 11.7 Å². The molecule has 0 radical (unpaired) electrons. The number of halogens is 2. The van der Waals surface area contributed by atoms with Crippen LogP contribution in [0.25, 0.3) is 5.69 Å². The summed E-state index contributed by atoms with van der Waals surface area (Å²) in [7, 11) is 0. The van der Waals surface area contributed by atoms with Crippen LogP contribution in [0.15, 0.2) is 54.9 Å². The van der Waals surface area contributed by atoms with Gasteiger partial charge in [-0.3, -0.25) is 4.79 Å². The lowest BCUT2D eigenvalue weighted by Gasteiger charge is -2.04. The van der Waals surface area contributed by atoms with Gasteiger partial charge in [-0.1, -0.05) is 29.8 Å². The second kappa shape index (κ2) is 6.22. The van der Waals surface area contributed by atoms with Gasteiger partial charge in [0, 0.05) is 5.56 Å². The van der Waals surface area contributed by atoms with Gasteiger partial charge in [-0.05, 0) is 36.8 Å². The van der Waals surface area contributed by atoms with Crippen LogP contribution in [0.4, 0.5) is 10.1 Å². The summed E-state index contributed by atoms with van der Waals surface area (Å²) >= 11 is 6.11. The topological polar surface area (TPSA) is 46.9 Å². The van der Waals surface area contributed by atoms with Crippen molar-refractivity contribution in [2.24, 2.45) is 0 Å². The normalized spacial score (nSPS) is 10.6. The minimum absolute atomic E-state index is 0.249. The predicted octanol–water partition coefficient (Wildman–Crippen LogP) is 4.23. The number of aromatic nitrogens is 2. The molecule has 3 aromatic rings. The van der Waals surface area contributed by atoms with Gasteiger partial charge in [-0.15, -0.1) is 0 Å². The van der Waals surface area contributed by atoms with Crippen molar-refractivity contribution in [3.63, 3.8) is 0 Å². The fourth-order valence-corrected chi connectivity index (χ4v) is 2.32. The summed E-state index contributed by atoms with van der Waals surface area (Å²) < 4.78 is 15.1. The quantitative estimate of drug-likeness (QED) is 0.781. The minimum Gasteiger partial charge on any atom is -0.319 e. The van der Waals surface area contributed by atoms with Crippen LogP contribution in [0.1, 0.15) is 15.9 Å². The molecule has 4 nitrogen and oxygen atoms in total. The Morgan fingerprint density at radius 3 is 2.78 bits per heavy atom. The van der Waals surface area contributed by atoms with Crippen LogP contribution in [0.2, 0.25) is 5.02 Å². The number of carbonyl (C=O) groups excluding carboxylic acids is 1. The number of para-hydroxylation sites is 1. The van der Waals surface area contributed by atoms with Crippen molar-refractivity contribution >= 4 is 23.2 Å². The van der Waals surface area contributed by atoms with E-state index in [4.69, 9.17) is 11.6 Å². The van der Waals surface area contributed by atoms with Gasteiger partial charge in [0.15, 0.2) is 0 Å². The largest absolute Gasteiger partial charge is 0.319 e. The van der Waals surface area contributed by atoms with Gasteiger partial charge in [-0.2, -0.15) is 5.10 Å². The fraction of sp³-hybridized carbons (Fsp3) is 0.0588. The lowest BCUT2D eigenvalue weighted by atomic mass is 10.1. The van der Waals surface area contributed by atoms with E-state index in [2.05, 4.69) is 10.4 Å². The molecule has 0 aliphatic carbocycles. The highest BCUT2D eigenvalue weighted by atomic mass is 35.5. The maximum absolute atomic E-state index is 13.5. The average Bonchev–Trinajstić information content (AvgIpc) is 2.98. The fourth-order valence-electron chi connectivity index (χ4n) is 2.09. The number of anilines is 1. The number of benzene rings is 2. The molecular weight excluding hydrogens is 317 g/mol. The molecule has 0 bridgehead atoms. The lowest BCUT2D eigenvalue weighted by molar-refractivity contribution is 0.102. The Morgan fingerprint density at radius 2 is 2.04 bits per heavy atom. The molecule has 0 saturated carbocycles. The van der Waals surface area contributed by atoms with Crippen LogP contribution in [-0.2, 0) is 0 Å². The molecule has 0 aliphatic heterocycles. The Morgan fingerprint density at radius 1 is 1.26 bits per heavy atom. The molecule has 1 amide bonds. The van der Waals surface area contributed by atoms with E-state index >= 15 is 0 Å². The summed E-state index contributed by atoms with van der Waals surface area (Å²) in [5.41, 5.74) is 1.94. The summed E-state index contributed by atoms with van der Waals surface area (Å²) in [6, 6.07) is 11.6. The number of nitrogens with zero attached hydrogens (tertiary/aromatic N) is 2. The van der Waals surface area contributed by atoms with Crippen molar-refractivity contribution in [3.8, 4) is 5.69 Å². The van der Waals surface area contributed by atoms with E-state index in [1.54, 1.807) is 36.0 Å². The van der Waals surface area contributed by atoms with Crippen LogP contribution in [0, 0.1) is 12.7 Å². The first-order valence-corrected chi connectivity index (χ1v) is 7.29. The second-order valence-corrected chi connectivity index (χ2v) is 5.45. The van der Waals surface area contributed by atoms with E-state index in [0.717, 1.165) is 0 Å².